The van der Waals surface area contributed by atoms with Gasteiger partial charge < -0.3 is 9.88 Å². The van der Waals surface area contributed by atoms with Crippen molar-refractivity contribution in [3.8, 4) is 0 Å². The lowest BCUT2D eigenvalue weighted by atomic mass is 10.0. The van der Waals surface area contributed by atoms with Gasteiger partial charge in [0.05, 0.1) is 0 Å². The number of nitrogens with one attached hydrogen (secondary N) is 1. The highest BCUT2D eigenvalue weighted by molar-refractivity contribution is 5.29. The first-order chi connectivity index (χ1) is 10.4. The fraction of sp³-hybridized carbons (Fsp3) is 0.722. The number of nitrogens with zero attached hydrogens (tertiary/aromatic N) is 2. The van der Waals surface area contributed by atoms with Crippen molar-refractivity contribution >= 4 is 0 Å². The predicted molar refractivity (Wildman–Crippen MR) is 92.2 cm³/mol. The molecular weight excluding hydrogens is 274 g/mol. The van der Waals surface area contributed by atoms with Gasteiger partial charge in [-0.15, -0.1) is 0 Å². The molecule has 1 aromatic rings. The third-order valence-electron chi connectivity index (χ3n) is 4.32. The first-order valence-electron chi connectivity index (χ1n) is 8.62. The molecule has 0 saturated carbocycles. The van der Waals surface area contributed by atoms with Gasteiger partial charge in [-0.2, -0.15) is 0 Å². The standard InChI is InChI=1S/C18H31N3O/c1-6-20-8-7-17-16(12-20)9-15(10-19-14(4)5)18(22)21(17)11-13(2)3/h9,13-14,19H,6-8,10-12H2,1-5H3. The zero-order valence-corrected chi connectivity index (χ0v) is 14.8. The van der Waals surface area contributed by atoms with Gasteiger partial charge in [0.15, 0.2) is 0 Å². The summed E-state index contributed by atoms with van der Waals surface area (Å²) in [4.78, 5) is 15.3. The highest BCUT2D eigenvalue weighted by atomic mass is 16.1. The molecule has 0 atom stereocenters. The van der Waals surface area contributed by atoms with Gasteiger partial charge in [0.1, 0.15) is 0 Å². The molecule has 0 fully saturated rings. The van der Waals surface area contributed by atoms with Crippen LogP contribution in [0.1, 0.15) is 51.4 Å². The monoisotopic (exact) mass is 305 g/mol. The van der Waals surface area contributed by atoms with E-state index in [1.807, 2.05) is 4.57 Å². The predicted octanol–water partition coefficient (Wildman–Crippen LogP) is 2.38. The Hall–Kier alpha value is -1.13. The maximum absolute atomic E-state index is 12.8. The smallest absolute Gasteiger partial charge is 0.255 e. The van der Waals surface area contributed by atoms with Crippen LogP contribution >= 0.6 is 0 Å². The van der Waals surface area contributed by atoms with Crippen molar-refractivity contribution in [1.82, 2.24) is 14.8 Å². The van der Waals surface area contributed by atoms with Crippen LogP contribution in [0.15, 0.2) is 10.9 Å². The van der Waals surface area contributed by atoms with Crippen LogP contribution < -0.4 is 10.9 Å². The molecule has 0 radical (unpaired) electrons. The van der Waals surface area contributed by atoms with Crippen LogP contribution in [0.3, 0.4) is 0 Å². The number of likely N-dealkylation sites (N-methyl/N-ethyl adjacent to an activating group) is 1. The van der Waals surface area contributed by atoms with E-state index in [4.69, 9.17) is 0 Å². The molecule has 124 valence electrons. The van der Waals surface area contributed by atoms with E-state index in [1.165, 1.54) is 11.3 Å². The third-order valence-corrected chi connectivity index (χ3v) is 4.32. The molecule has 0 amide bonds. The summed E-state index contributed by atoms with van der Waals surface area (Å²) in [6.07, 6.45) is 0.989. The van der Waals surface area contributed by atoms with Crippen LogP contribution in [0.4, 0.5) is 0 Å². The Labute approximate surface area is 134 Å². The van der Waals surface area contributed by atoms with Crippen LogP contribution in [-0.2, 0) is 26.1 Å². The molecule has 0 spiro atoms. The van der Waals surface area contributed by atoms with Crippen molar-refractivity contribution in [2.24, 2.45) is 5.92 Å². The zero-order valence-electron chi connectivity index (χ0n) is 14.8. The summed E-state index contributed by atoms with van der Waals surface area (Å²) in [5.74, 6) is 0.485. The van der Waals surface area contributed by atoms with E-state index in [0.29, 0.717) is 18.5 Å². The molecule has 1 aliphatic heterocycles. The molecule has 0 aromatic carbocycles. The van der Waals surface area contributed by atoms with Crippen molar-refractivity contribution in [3.05, 3.63) is 33.2 Å². The van der Waals surface area contributed by atoms with E-state index in [-0.39, 0.29) is 5.56 Å². The number of pyridine rings is 1. The molecule has 4 heteroatoms. The second kappa shape index (κ2) is 7.42. The van der Waals surface area contributed by atoms with Crippen molar-refractivity contribution in [1.29, 1.82) is 0 Å². The van der Waals surface area contributed by atoms with Crippen molar-refractivity contribution < 1.29 is 0 Å². The molecule has 4 nitrogen and oxygen atoms in total. The molecule has 1 aromatic heterocycles. The minimum atomic E-state index is 0.200. The number of fused-ring (bicyclic) bond motifs is 1. The fourth-order valence-corrected chi connectivity index (χ4v) is 3.11. The molecule has 22 heavy (non-hydrogen) atoms. The summed E-state index contributed by atoms with van der Waals surface area (Å²) in [5, 5.41) is 3.39. The number of rotatable bonds is 6. The highest BCUT2D eigenvalue weighted by Gasteiger charge is 2.21. The Balaban J connectivity index is 2.41. The third kappa shape index (κ3) is 3.99. The van der Waals surface area contributed by atoms with E-state index < -0.39 is 0 Å². The zero-order chi connectivity index (χ0) is 16.3. The van der Waals surface area contributed by atoms with Gasteiger partial charge in [0, 0.05) is 49.9 Å². The second-order valence-electron chi connectivity index (χ2n) is 7.11. The van der Waals surface area contributed by atoms with Crippen molar-refractivity contribution in [3.63, 3.8) is 0 Å². The topological polar surface area (TPSA) is 37.3 Å². The van der Waals surface area contributed by atoms with Gasteiger partial charge in [-0.05, 0) is 24.1 Å². The Bertz CT molecular complexity index is 560. The summed E-state index contributed by atoms with van der Waals surface area (Å²) in [6.45, 7) is 15.4. The van der Waals surface area contributed by atoms with Crippen molar-refractivity contribution in [2.75, 3.05) is 13.1 Å². The normalized spacial score (nSPS) is 15.6. The maximum Gasteiger partial charge on any atom is 0.255 e. The number of hydrogen-bond donors (Lipinski definition) is 1. The molecule has 1 aliphatic rings. The van der Waals surface area contributed by atoms with E-state index in [1.54, 1.807) is 0 Å². The quantitative estimate of drug-likeness (QED) is 0.877. The van der Waals surface area contributed by atoms with E-state index in [9.17, 15) is 4.79 Å². The summed E-state index contributed by atoms with van der Waals surface area (Å²) >= 11 is 0. The second-order valence-corrected chi connectivity index (χ2v) is 7.11. The van der Waals surface area contributed by atoms with Crippen LogP contribution in [0.2, 0.25) is 0 Å². The van der Waals surface area contributed by atoms with Crippen LogP contribution in [-0.4, -0.2) is 28.6 Å². The minimum Gasteiger partial charge on any atom is -0.312 e. The van der Waals surface area contributed by atoms with Gasteiger partial charge in [0.2, 0.25) is 0 Å². The lowest BCUT2D eigenvalue weighted by molar-refractivity contribution is 0.260. The summed E-state index contributed by atoms with van der Waals surface area (Å²) in [7, 11) is 0. The molecule has 1 N–H and O–H groups in total. The van der Waals surface area contributed by atoms with Gasteiger partial charge in [-0.25, -0.2) is 0 Å². The largest absolute Gasteiger partial charge is 0.312 e. The fourth-order valence-electron chi connectivity index (χ4n) is 3.11. The van der Waals surface area contributed by atoms with Gasteiger partial charge in [0.25, 0.3) is 5.56 Å². The first kappa shape index (κ1) is 17.2. The summed E-state index contributed by atoms with van der Waals surface area (Å²) in [5.41, 5.74) is 3.71. The van der Waals surface area contributed by atoms with E-state index in [0.717, 1.165) is 38.2 Å². The van der Waals surface area contributed by atoms with E-state index in [2.05, 4.69) is 50.9 Å². The lowest BCUT2D eigenvalue weighted by Gasteiger charge is -2.30. The van der Waals surface area contributed by atoms with Crippen LogP contribution in [0.25, 0.3) is 0 Å². The van der Waals surface area contributed by atoms with Crippen LogP contribution in [0.5, 0.6) is 0 Å². The first-order valence-corrected chi connectivity index (χ1v) is 8.62. The molecular formula is C18H31N3O. The molecule has 0 unspecified atom stereocenters. The average molecular weight is 305 g/mol. The number of aromatic nitrogens is 1. The Morgan fingerprint density at radius 2 is 2.00 bits per heavy atom. The highest BCUT2D eigenvalue weighted by Crippen LogP contribution is 2.19. The van der Waals surface area contributed by atoms with Crippen molar-refractivity contribution in [2.45, 2.75) is 66.7 Å². The lowest BCUT2D eigenvalue weighted by Crippen LogP contribution is -2.38. The molecule has 0 aliphatic carbocycles. The molecule has 2 rings (SSSR count). The van der Waals surface area contributed by atoms with E-state index >= 15 is 0 Å². The SMILES string of the molecule is CCN1CCc2c(cc(CNC(C)C)c(=O)n2CC(C)C)C1. The molecule has 0 saturated heterocycles. The van der Waals surface area contributed by atoms with Gasteiger partial charge in [-0.1, -0.05) is 34.6 Å². The van der Waals surface area contributed by atoms with Gasteiger partial charge >= 0.3 is 0 Å². The molecule has 0 bridgehead atoms. The Morgan fingerprint density at radius 1 is 1.27 bits per heavy atom. The summed E-state index contributed by atoms with van der Waals surface area (Å²) in [6, 6.07) is 2.53. The van der Waals surface area contributed by atoms with Gasteiger partial charge in [-0.3, -0.25) is 9.69 Å². The van der Waals surface area contributed by atoms with Crippen LogP contribution in [0, 0.1) is 5.92 Å². The Kier molecular flexibility index (Phi) is 5.81. The molecule has 2 heterocycles. The maximum atomic E-state index is 12.8. The number of hydrogen-bond acceptors (Lipinski definition) is 3. The minimum absolute atomic E-state index is 0.200. The average Bonchev–Trinajstić information content (AvgIpc) is 2.47. The summed E-state index contributed by atoms with van der Waals surface area (Å²) < 4.78 is 2.05. The Morgan fingerprint density at radius 3 is 2.59 bits per heavy atom.